The number of rotatable bonds is 1. The van der Waals surface area contributed by atoms with Gasteiger partial charge in [-0.1, -0.05) is 6.92 Å². The summed E-state index contributed by atoms with van der Waals surface area (Å²) >= 11 is 0. The van der Waals surface area contributed by atoms with Crippen molar-refractivity contribution in [2.45, 2.75) is 13.3 Å². The first-order valence-electron chi connectivity index (χ1n) is 7.23. The second-order valence-corrected chi connectivity index (χ2v) is 5.27. The number of hydrogen-bond acceptors (Lipinski definition) is 4. The molecule has 0 radical (unpaired) electrons. The summed E-state index contributed by atoms with van der Waals surface area (Å²) in [4.78, 5) is 25.8. The summed E-state index contributed by atoms with van der Waals surface area (Å²) in [5.74, 6) is -1.54. The van der Waals surface area contributed by atoms with E-state index in [0.29, 0.717) is 0 Å². The predicted molar refractivity (Wildman–Crippen MR) is 86.4 cm³/mol. The summed E-state index contributed by atoms with van der Waals surface area (Å²) < 4.78 is 0. The number of aryl methyl sites for hydroxylation is 1. The first kappa shape index (κ1) is 14.8. The van der Waals surface area contributed by atoms with Gasteiger partial charge in [-0.25, -0.2) is 0 Å². The van der Waals surface area contributed by atoms with Crippen LogP contribution in [0.15, 0.2) is 42.5 Å². The highest BCUT2D eigenvalue weighted by atomic mass is 16.3. The Balaban J connectivity index is 0.000000149. The van der Waals surface area contributed by atoms with E-state index in [2.05, 4.69) is 30.1 Å². The molecule has 1 aliphatic carbocycles. The standard InChI is InChI=1S/C10H6O4.C8H9N/c11-5-1-2-6(12)10-8(14)4-3-7(13)9(5)10;1-2-6-5-7-3-4-8(6)9-7/h1-4,11-12H;3-5,9H,2H2,1H3. The lowest BCUT2D eigenvalue weighted by Crippen LogP contribution is -2.11. The van der Waals surface area contributed by atoms with Crippen LogP contribution < -0.4 is 0 Å². The molecule has 1 aliphatic rings. The van der Waals surface area contributed by atoms with Crippen molar-refractivity contribution in [2.24, 2.45) is 0 Å². The Morgan fingerprint density at radius 3 is 1.83 bits per heavy atom. The smallest absolute Gasteiger partial charge is 0.190 e. The van der Waals surface area contributed by atoms with E-state index < -0.39 is 11.6 Å². The summed E-state index contributed by atoms with van der Waals surface area (Å²) in [6.45, 7) is 2.18. The molecule has 3 aromatic rings. The lowest BCUT2D eigenvalue weighted by molar-refractivity contribution is 0.0989. The molecule has 4 rings (SSSR count). The van der Waals surface area contributed by atoms with E-state index in [1.54, 1.807) is 0 Å². The molecule has 0 atom stereocenters. The number of aromatic amines is 1. The molecule has 5 heteroatoms. The molecule has 0 aliphatic heterocycles. The fourth-order valence-corrected chi connectivity index (χ4v) is 2.64. The van der Waals surface area contributed by atoms with E-state index in [0.717, 1.165) is 18.6 Å². The summed E-state index contributed by atoms with van der Waals surface area (Å²) in [7, 11) is 0. The zero-order valence-corrected chi connectivity index (χ0v) is 12.5. The number of benzene rings is 2. The minimum Gasteiger partial charge on any atom is -0.507 e. The molecule has 2 aromatic heterocycles. The minimum absolute atomic E-state index is 0.127. The zero-order valence-electron chi connectivity index (χ0n) is 12.5. The van der Waals surface area contributed by atoms with E-state index in [1.165, 1.54) is 28.7 Å². The Kier molecular flexibility index (Phi) is 3.62. The van der Waals surface area contributed by atoms with Gasteiger partial charge >= 0.3 is 0 Å². The molecule has 23 heavy (non-hydrogen) atoms. The van der Waals surface area contributed by atoms with Crippen LogP contribution in [0.25, 0.3) is 11.0 Å². The van der Waals surface area contributed by atoms with Gasteiger partial charge in [-0.2, -0.15) is 0 Å². The number of aromatic hydroxyl groups is 2. The van der Waals surface area contributed by atoms with E-state index in [4.69, 9.17) is 0 Å². The quantitative estimate of drug-likeness (QED) is 0.602. The number of H-pyrrole nitrogens is 1. The molecule has 3 N–H and O–H groups in total. The number of ketones is 2. The van der Waals surface area contributed by atoms with Crippen molar-refractivity contribution in [3.63, 3.8) is 0 Å². The molecule has 0 spiro atoms. The number of carbonyl (C=O) groups excluding carboxylic acids is 2. The normalized spacial score (nSPS) is 13.1. The van der Waals surface area contributed by atoms with Crippen LogP contribution >= 0.6 is 0 Å². The van der Waals surface area contributed by atoms with E-state index in [1.807, 2.05) is 0 Å². The van der Waals surface area contributed by atoms with Gasteiger partial charge in [0.2, 0.25) is 0 Å². The number of phenols is 2. The van der Waals surface area contributed by atoms with Gasteiger partial charge in [0.25, 0.3) is 0 Å². The van der Waals surface area contributed by atoms with Gasteiger partial charge in [0, 0.05) is 11.0 Å². The van der Waals surface area contributed by atoms with Crippen LogP contribution in [-0.2, 0) is 6.42 Å². The number of fused-ring (bicyclic) bond motifs is 3. The van der Waals surface area contributed by atoms with E-state index >= 15 is 0 Å². The SMILES string of the molecule is CCc1cc2ccc1[nH]2.O=C1C=CC(=O)c2c(O)ccc(O)c21. The average Bonchev–Trinajstić information content (AvgIpc) is 3.17. The monoisotopic (exact) mass is 309 g/mol. The van der Waals surface area contributed by atoms with Gasteiger partial charge in [0.15, 0.2) is 11.6 Å². The third-order valence-corrected chi connectivity index (χ3v) is 3.81. The van der Waals surface area contributed by atoms with Crippen molar-refractivity contribution in [1.82, 2.24) is 4.98 Å². The van der Waals surface area contributed by atoms with Crippen LogP contribution in [-0.4, -0.2) is 26.8 Å². The van der Waals surface area contributed by atoms with Crippen molar-refractivity contribution in [1.29, 1.82) is 0 Å². The first-order chi connectivity index (χ1) is 11.0. The van der Waals surface area contributed by atoms with Crippen molar-refractivity contribution in [2.75, 3.05) is 0 Å². The fraction of sp³-hybridized carbons (Fsp3) is 0.111. The second-order valence-electron chi connectivity index (χ2n) is 5.27. The minimum atomic E-state index is -0.479. The number of allylic oxidation sites excluding steroid dienone is 2. The molecule has 0 saturated carbocycles. The maximum atomic E-state index is 11.3. The largest absolute Gasteiger partial charge is 0.507 e. The van der Waals surface area contributed by atoms with Crippen molar-refractivity contribution < 1.29 is 19.8 Å². The molecular weight excluding hydrogens is 294 g/mol. The number of hydrogen-bond donors (Lipinski definition) is 3. The van der Waals surface area contributed by atoms with E-state index in [-0.39, 0.29) is 22.6 Å². The summed E-state index contributed by atoms with van der Waals surface area (Å²) in [5.41, 5.74) is 3.73. The predicted octanol–water partition coefficient (Wildman–Crippen LogP) is 3.20. The first-order valence-corrected chi connectivity index (χ1v) is 7.23. The van der Waals surface area contributed by atoms with Gasteiger partial charge in [-0.3, -0.25) is 9.59 Å². The molecular formula is C18H15NO4. The third-order valence-electron chi connectivity index (χ3n) is 3.81. The van der Waals surface area contributed by atoms with Crippen LogP contribution in [0.5, 0.6) is 11.5 Å². The Morgan fingerprint density at radius 1 is 0.913 bits per heavy atom. The van der Waals surface area contributed by atoms with Gasteiger partial charge < -0.3 is 15.2 Å². The summed E-state index contributed by atoms with van der Waals surface area (Å²) in [5, 5.41) is 18.7. The van der Waals surface area contributed by atoms with Crippen molar-refractivity contribution >= 4 is 22.6 Å². The van der Waals surface area contributed by atoms with Crippen LogP contribution in [0.2, 0.25) is 0 Å². The molecule has 5 nitrogen and oxygen atoms in total. The Bertz CT molecular complexity index is 877. The maximum absolute atomic E-state index is 11.3. The molecule has 0 amide bonds. The lowest BCUT2D eigenvalue weighted by atomic mass is 9.93. The van der Waals surface area contributed by atoms with Gasteiger partial charge in [0.1, 0.15) is 11.5 Å². The van der Waals surface area contributed by atoms with Crippen LogP contribution in [0.3, 0.4) is 0 Å². The molecule has 2 bridgehead atoms. The van der Waals surface area contributed by atoms with Crippen LogP contribution in [0.1, 0.15) is 33.2 Å². The van der Waals surface area contributed by atoms with Gasteiger partial charge in [-0.15, -0.1) is 0 Å². The van der Waals surface area contributed by atoms with E-state index in [9.17, 15) is 19.8 Å². The highest BCUT2D eigenvalue weighted by Gasteiger charge is 2.25. The van der Waals surface area contributed by atoms with Gasteiger partial charge in [0.05, 0.1) is 11.1 Å². The Hall–Kier alpha value is -3.08. The fourth-order valence-electron chi connectivity index (χ4n) is 2.64. The number of carbonyl (C=O) groups is 2. The molecule has 0 unspecified atom stereocenters. The Labute approximate surface area is 132 Å². The topological polar surface area (TPSA) is 90.4 Å². The molecule has 0 saturated heterocycles. The average molecular weight is 309 g/mol. The summed E-state index contributed by atoms with van der Waals surface area (Å²) in [6, 6.07) is 8.80. The van der Waals surface area contributed by atoms with Crippen LogP contribution in [0, 0.1) is 0 Å². The number of phenolic OH excluding ortho intramolecular Hbond substituents is 2. The third kappa shape index (κ3) is 2.57. The molecule has 1 aromatic carbocycles. The molecule has 116 valence electrons. The van der Waals surface area contributed by atoms with Gasteiger partial charge in [-0.05, 0) is 54.5 Å². The molecule has 0 fully saturated rings. The highest BCUT2D eigenvalue weighted by Crippen LogP contribution is 2.32. The van der Waals surface area contributed by atoms with Crippen molar-refractivity contribution in [3.05, 3.63) is 59.2 Å². The summed E-state index contributed by atoms with van der Waals surface area (Å²) in [6.07, 6.45) is 3.28. The second kappa shape index (κ2) is 5.61. The van der Waals surface area contributed by atoms with Crippen LogP contribution in [0.4, 0.5) is 0 Å². The highest BCUT2D eigenvalue weighted by molar-refractivity contribution is 6.24. The maximum Gasteiger partial charge on any atom is 0.190 e. The van der Waals surface area contributed by atoms with Crippen molar-refractivity contribution in [3.8, 4) is 11.5 Å². The lowest BCUT2D eigenvalue weighted by Gasteiger charge is -2.11. The Morgan fingerprint density at radius 2 is 1.48 bits per heavy atom. The number of nitrogens with one attached hydrogen (secondary N) is 1. The zero-order chi connectivity index (χ0) is 16.6. The molecule has 2 heterocycles. The number of aromatic nitrogens is 1.